The average Bonchev–Trinajstić information content (AvgIpc) is 2.87. The molecule has 0 saturated carbocycles. The van der Waals surface area contributed by atoms with Gasteiger partial charge in [0.1, 0.15) is 5.76 Å². The Morgan fingerprint density at radius 2 is 1.83 bits per heavy atom. The van der Waals surface area contributed by atoms with Crippen molar-refractivity contribution in [2.45, 2.75) is 46.2 Å². The van der Waals surface area contributed by atoms with Gasteiger partial charge in [-0.2, -0.15) is 0 Å². The summed E-state index contributed by atoms with van der Waals surface area (Å²) in [5, 5.41) is 4.05. The Balaban J connectivity index is 1.57. The number of anilines is 1. The highest BCUT2D eigenvalue weighted by molar-refractivity contribution is 5.30. The number of aryl methyl sites for hydroxylation is 3. The van der Waals surface area contributed by atoms with Crippen molar-refractivity contribution in [3.63, 3.8) is 0 Å². The smallest absolute Gasteiger partial charge is 0.225 e. The number of hydrogen-bond donors (Lipinski definition) is 0. The maximum absolute atomic E-state index is 5.26. The van der Waals surface area contributed by atoms with Crippen LogP contribution in [0.15, 0.2) is 16.9 Å². The molecular weight excluding hydrogens is 290 g/mol. The Hall–Kier alpha value is -1.95. The normalized spacial score (nSPS) is 16.7. The lowest BCUT2D eigenvalue weighted by molar-refractivity contribution is 0.201. The van der Waals surface area contributed by atoms with Gasteiger partial charge in [0.25, 0.3) is 0 Å². The summed E-state index contributed by atoms with van der Waals surface area (Å²) >= 11 is 0. The fourth-order valence-corrected chi connectivity index (χ4v) is 3.15. The van der Waals surface area contributed by atoms with Crippen LogP contribution >= 0.6 is 0 Å². The maximum Gasteiger partial charge on any atom is 0.225 e. The van der Waals surface area contributed by atoms with Crippen LogP contribution in [0, 0.1) is 20.8 Å². The summed E-state index contributed by atoms with van der Waals surface area (Å²) in [5.41, 5.74) is 3.34. The molecule has 0 atom stereocenters. The van der Waals surface area contributed by atoms with E-state index in [1.807, 2.05) is 33.2 Å². The SMILES string of the molecule is Cc1cnc(N(C)C2CCN(Cc3c(C)noc3C)CC2)nc1. The largest absolute Gasteiger partial charge is 0.361 e. The van der Waals surface area contributed by atoms with Gasteiger partial charge in [-0.1, -0.05) is 5.16 Å². The van der Waals surface area contributed by atoms with Crippen LogP contribution in [0.5, 0.6) is 0 Å². The van der Waals surface area contributed by atoms with Crippen molar-refractivity contribution >= 4 is 5.95 Å². The summed E-state index contributed by atoms with van der Waals surface area (Å²) in [6.45, 7) is 9.09. The van der Waals surface area contributed by atoms with E-state index in [1.54, 1.807) is 0 Å². The second kappa shape index (κ2) is 6.66. The molecule has 2 aromatic heterocycles. The third kappa shape index (κ3) is 3.52. The number of likely N-dealkylation sites (tertiary alicyclic amines) is 1. The monoisotopic (exact) mass is 315 g/mol. The van der Waals surface area contributed by atoms with Crippen molar-refractivity contribution < 1.29 is 4.52 Å². The van der Waals surface area contributed by atoms with Crippen LogP contribution in [-0.4, -0.2) is 46.2 Å². The predicted octanol–water partition coefficient (Wildman–Crippen LogP) is 2.49. The van der Waals surface area contributed by atoms with E-state index in [-0.39, 0.29) is 0 Å². The van der Waals surface area contributed by atoms with Crippen molar-refractivity contribution in [1.29, 1.82) is 0 Å². The maximum atomic E-state index is 5.26. The van der Waals surface area contributed by atoms with Crippen LogP contribution in [0.4, 0.5) is 5.95 Å². The fourth-order valence-electron chi connectivity index (χ4n) is 3.15. The molecule has 2 aromatic rings. The zero-order valence-corrected chi connectivity index (χ0v) is 14.4. The second-order valence-electron chi connectivity index (χ2n) is 6.48. The topological polar surface area (TPSA) is 58.3 Å². The van der Waals surface area contributed by atoms with E-state index in [2.05, 4.69) is 32.0 Å². The van der Waals surface area contributed by atoms with Crippen molar-refractivity contribution in [3.05, 3.63) is 35.0 Å². The minimum Gasteiger partial charge on any atom is -0.361 e. The Labute approximate surface area is 137 Å². The first kappa shape index (κ1) is 15.9. The zero-order chi connectivity index (χ0) is 16.4. The fraction of sp³-hybridized carbons (Fsp3) is 0.588. The van der Waals surface area contributed by atoms with Crippen LogP contribution in [0.1, 0.15) is 35.4 Å². The quantitative estimate of drug-likeness (QED) is 0.864. The molecule has 0 amide bonds. The number of hydrogen-bond acceptors (Lipinski definition) is 6. The van der Waals surface area contributed by atoms with E-state index in [4.69, 9.17) is 4.52 Å². The van der Waals surface area contributed by atoms with E-state index in [0.29, 0.717) is 6.04 Å². The molecule has 1 aliphatic heterocycles. The lowest BCUT2D eigenvalue weighted by Crippen LogP contribution is -2.43. The number of piperidine rings is 1. The van der Waals surface area contributed by atoms with Gasteiger partial charge < -0.3 is 9.42 Å². The zero-order valence-electron chi connectivity index (χ0n) is 14.4. The molecule has 6 heteroatoms. The lowest BCUT2D eigenvalue weighted by Gasteiger charge is -2.36. The third-order valence-electron chi connectivity index (χ3n) is 4.75. The lowest BCUT2D eigenvalue weighted by atomic mass is 10.0. The van der Waals surface area contributed by atoms with E-state index in [1.165, 1.54) is 5.56 Å². The van der Waals surface area contributed by atoms with E-state index in [0.717, 1.165) is 55.4 Å². The molecule has 3 heterocycles. The van der Waals surface area contributed by atoms with E-state index >= 15 is 0 Å². The first-order valence-electron chi connectivity index (χ1n) is 8.20. The molecule has 6 nitrogen and oxygen atoms in total. The van der Waals surface area contributed by atoms with Crippen LogP contribution in [0.2, 0.25) is 0 Å². The van der Waals surface area contributed by atoms with Gasteiger partial charge in [-0.25, -0.2) is 9.97 Å². The molecule has 0 N–H and O–H groups in total. The van der Waals surface area contributed by atoms with Crippen LogP contribution < -0.4 is 4.90 Å². The average molecular weight is 315 g/mol. The Morgan fingerprint density at radius 3 is 2.39 bits per heavy atom. The summed E-state index contributed by atoms with van der Waals surface area (Å²) in [7, 11) is 2.10. The van der Waals surface area contributed by atoms with E-state index in [9.17, 15) is 0 Å². The number of aromatic nitrogens is 3. The predicted molar refractivity (Wildman–Crippen MR) is 89.4 cm³/mol. The molecule has 0 aromatic carbocycles. The molecule has 3 rings (SSSR count). The molecule has 1 aliphatic rings. The molecule has 0 radical (unpaired) electrons. The number of rotatable bonds is 4. The molecule has 0 unspecified atom stereocenters. The van der Waals surface area contributed by atoms with E-state index < -0.39 is 0 Å². The Kier molecular flexibility index (Phi) is 4.61. The van der Waals surface area contributed by atoms with Gasteiger partial charge in [0.2, 0.25) is 5.95 Å². The summed E-state index contributed by atoms with van der Waals surface area (Å²) in [6.07, 6.45) is 6.01. The summed E-state index contributed by atoms with van der Waals surface area (Å²) in [5.74, 6) is 1.76. The van der Waals surface area contributed by atoms with Gasteiger partial charge in [0, 0.05) is 50.7 Å². The molecule has 1 fully saturated rings. The highest BCUT2D eigenvalue weighted by Crippen LogP contribution is 2.22. The van der Waals surface area contributed by atoms with Crippen molar-refractivity contribution in [2.24, 2.45) is 0 Å². The molecule has 0 aliphatic carbocycles. The first-order valence-corrected chi connectivity index (χ1v) is 8.20. The summed E-state index contributed by atoms with van der Waals surface area (Å²) in [4.78, 5) is 13.6. The first-order chi connectivity index (χ1) is 11.0. The second-order valence-corrected chi connectivity index (χ2v) is 6.48. The molecule has 1 saturated heterocycles. The van der Waals surface area contributed by atoms with Crippen molar-refractivity contribution in [2.75, 3.05) is 25.0 Å². The van der Waals surface area contributed by atoms with Gasteiger partial charge in [-0.3, -0.25) is 4.90 Å². The van der Waals surface area contributed by atoms with Gasteiger partial charge in [-0.15, -0.1) is 0 Å². The molecule has 124 valence electrons. The molecular formula is C17H25N5O. The van der Waals surface area contributed by atoms with Crippen LogP contribution in [0.25, 0.3) is 0 Å². The minimum absolute atomic E-state index is 0.499. The Morgan fingerprint density at radius 1 is 1.17 bits per heavy atom. The van der Waals surface area contributed by atoms with Gasteiger partial charge >= 0.3 is 0 Å². The minimum atomic E-state index is 0.499. The summed E-state index contributed by atoms with van der Waals surface area (Å²) < 4.78 is 5.26. The van der Waals surface area contributed by atoms with Crippen molar-refractivity contribution in [3.8, 4) is 0 Å². The van der Waals surface area contributed by atoms with Crippen molar-refractivity contribution in [1.82, 2.24) is 20.0 Å². The van der Waals surface area contributed by atoms with Crippen LogP contribution in [0.3, 0.4) is 0 Å². The molecule has 23 heavy (non-hydrogen) atoms. The third-order valence-corrected chi connectivity index (χ3v) is 4.75. The highest BCUT2D eigenvalue weighted by Gasteiger charge is 2.25. The highest BCUT2D eigenvalue weighted by atomic mass is 16.5. The van der Waals surface area contributed by atoms with Crippen LogP contribution in [-0.2, 0) is 6.54 Å². The molecule has 0 bridgehead atoms. The van der Waals surface area contributed by atoms with Gasteiger partial charge in [0.05, 0.1) is 5.69 Å². The molecule has 0 spiro atoms. The van der Waals surface area contributed by atoms with Gasteiger partial charge in [-0.05, 0) is 39.2 Å². The number of nitrogens with zero attached hydrogens (tertiary/aromatic N) is 5. The van der Waals surface area contributed by atoms with Gasteiger partial charge in [0.15, 0.2) is 0 Å². The summed E-state index contributed by atoms with van der Waals surface area (Å²) in [6, 6.07) is 0.499. The Bertz CT molecular complexity index is 624. The standard InChI is InChI=1S/C17H25N5O/c1-12-9-18-17(19-10-12)21(4)15-5-7-22(8-6-15)11-16-13(2)20-23-14(16)3/h9-10,15H,5-8,11H2,1-4H3.